The van der Waals surface area contributed by atoms with Crippen LogP contribution in [0.1, 0.15) is 15.2 Å². The van der Waals surface area contributed by atoms with Crippen LogP contribution in [0.2, 0.25) is 0 Å². The van der Waals surface area contributed by atoms with E-state index in [-0.39, 0.29) is 5.91 Å². The number of carbonyl (C=O) groups excluding carboxylic acids is 1. The molecular weight excluding hydrogens is 298 g/mol. The molecule has 2 N–H and O–H groups in total. The summed E-state index contributed by atoms with van der Waals surface area (Å²) in [6.45, 7) is 0.438. The van der Waals surface area contributed by atoms with Crippen LogP contribution < -0.4 is 10.6 Å². The Labute approximate surface area is 131 Å². The molecule has 22 heavy (non-hydrogen) atoms. The number of anilines is 2. The van der Waals surface area contributed by atoms with E-state index in [0.717, 1.165) is 5.56 Å². The van der Waals surface area contributed by atoms with Crippen molar-refractivity contribution in [3.8, 4) is 0 Å². The Morgan fingerprint density at radius 1 is 1.09 bits per heavy atom. The van der Waals surface area contributed by atoms with Crippen LogP contribution in [0.3, 0.4) is 0 Å². The Hall–Kier alpha value is -2.80. The third kappa shape index (κ3) is 3.64. The van der Waals surface area contributed by atoms with Crippen molar-refractivity contribution < 1.29 is 4.79 Å². The van der Waals surface area contributed by atoms with Crippen LogP contribution in [-0.2, 0) is 6.54 Å². The molecule has 0 unspecified atom stereocenters. The van der Waals surface area contributed by atoms with Crippen molar-refractivity contribution in [2.45, 2.75) is 6.54 Å². The molecule has 0 aliphatic rings. The summed E-state index contributed by atoms with van der Waals surface area (Å²) in [5, 5.41) is 6.53. The first-order valence-corrected chi connectivity index (χ1v) is 7.44. The van der Waals surface area contributed by atoms with E-state index in [4.69, 9.17) is 0 Å². The Kier molecular flexibility index (Phi) is 4.35. The molecule has 0 atom stereocenters. The van der Waals surface area contributed by atoms with E-state index in [1.807, 2.05) is 30.3 Å². The fourth-order valence-corrected chi connectivity index (χ4v) is 2.49. The zero-order valence-electron chi connectivity index (χ0n) is 11.6. The number of hydrogen-bond donors (Lipinski definition) is 2. The molecule has 110 valence electrons. The second-order valence-corrected chi connectivity index (χ2v) is 5.44. The van der Waals surface area contributed by atoms with Gasteiger partial charge in [0.2, 0.25) is 0 Å². The van der Waals surface area contributed by atoms with Gasteiger partial charge < -0.3 is 10.6 Å². The van der Waals surface area contributed by atoms with E-state index in [2.05, 4.69) is 25.6 Å². The summed E-state index contributed by atoms with van der Waals surface area (Å²) in [7, 11) is 0. The smallest absolute Gasteiger partial charge is 0.263 e. The fourth-order valence-electron chi connectivity index (χ4n) is 1.76. The standard InChI is InChI=1S/C15H13N5OS/c21-14(18-9-11-4-3-6-16-8-11)12-10-19-15(22-12)20-13-5-1-2-7-17-13/h1-8,10H,9H2,(H,18,21)(H,17,19,20). The molecule has 0 saturated carbocycles. The maximum absolute atomic E-state index is 12.1. The molecular formula is C15H13N5OS. The summed E-state index contributed by atoms with van der Waals surface area (Å²) in [5.74, 6) is 0.537. The van der Waals surface area contributed by atoms with Gasteiger partial charge in [-0.2, -0.15) is 0 Å². The molecule has 0 bridgehead atoms. The molecule has 1 amide bonds. The normalized spacial score (nSPS) is 10.2. The highest BCUT2D eigenvalue weighted by Crippen LogP contribution is 2.21. The van der Waals surface area contributed by atoms with Gasteiger partial charge in [-0.15, -0.1) is 0 Å². The van der Waals surface area contributed by atoms with E-state index in [1.54, 1.807) is 24.8 Å². The van der Waals surface area contributed by atoms with Crippen LogP contribution >= 0.6 is 11.3 Å². The number of nitrogens with one attached hydrogen (secondary N) is 2. The number of thiazole rings is 1. The highest BCUT2D eigenvalue weighted by Gasteiger charge is 2.10. The van der Waals surface area contributed by atoms with Crippen molar-refractivity contribution >= 4 is 28.2 Å². The average molecular weight is 311 g/mol. The SMILES string of the molecule is O=C(NCc1cccnc1)c1cnc(Nc2ccccn2)s1. The quantitative estimate of drug-likeness (QED) is 0.757. The molecule has 6 nitrogen and oxygen atoms in total. The minimum Gasteiger partial charge on any atom is -0.347 e. The zero-order valence-corrected chi connectivity index (χ0v) is 12.4. The third-order valence-electron chi connectivity index (χ3n) is 2.81. The van der Waals surface area contributed by atoms with Crippen LogP contribution in [0.15, 0.2) is 55.1 Å². The van der Waals surface area contributed by atoms with E-state index in [0.29, 0.717) is 22.4 Å². The number of rotatable bonds is 5. The summed E-state index contributed by atoms with van der Waals surface area (Å²) in [4.78, 5) is 25.0. The minimum absolute atomic E-state index is 0.157. The highest BCUT2D eigenvalue weighted by molar-refractivity contribution is 7.17. The van der Waals surface area contributed by atoms with Gasteiger partial charge in [-0.3, -0.25) is 9.78 Å². The second kappa shape index (κ2) is 6.77. The van der Waals surface area contributed by atoms with Crippen LogP contribution in [0.5, 0.6) is 0 Å². The maximum Gasteiger partial charge on any atom is 0.263 e. The Balaban J connectivity index is 1.60. The molecule has 0 spiro atoms. The Bertz CT molecular complexity index is 745. The predicted octanol–water partition coefficient (Wildman–Crippen LogP) is 2.61. The summed E-state index contributed by atoms with van der Waals surface area (Å²) >= 11 is 1.28. The zero-order chi connectivity index (χ0) is 15.2. The van der Waals surface area contributed by atoms with Gasteiger partial charge in [-0.05, 0) is 23.8 Å². The van der Waals surface area contributed by atoms with Gasteiger partial charge in [0.1, 0.15) is 10.7 Å². The third-order valence-corrected chi connectivity index (χ3v) is 3.72. The second-order valence-electron chi connectivity index (χ2n) is 4.41. The molecule has 0 fully saturated rings. The van der Waals surface area contributed by atoms with Gasteiger partial charge in [0.25, 0.3) is 5.91 Å². The fraction of sp³-hybridized carbons (Fsp3) is 0.0667. The monoisotopic (exact) mass is 311 g/mol. The van der Waals surface area contributed by atoms with Gasteiger partial charge in [-0.25, -0.2) is 9.97 Å². The molecule has 3 aromatic heterocycles. The van der Waals surface area contributed by atoms with E-state index in [9.17, 15) is 4.79 Å². The number of amides is 1. The van der Waals surface area contributed by atoms with Crippen molar-refractivity contribution in [1.82, 2.24) is 20.3 Å². The predicted molar refractivity (Wildman–Crippen MR) is 85.0 cm³/mol. The van der Waals surface area contributed by atoms with E-state index >= 15 is 0 Å². The lowest BCUT2D eigenvalue weighted by Crippen LogP contribution is -2.21. The Morgan fingerprint density at radius 3 is 2.82 bits per heavy atom. The van der Waals surface area contributed by atoms with Gasteiger partial charge >= 0.3 is 0 Å². The van der Waals surface area contributed by atoms with Gasteiger partial charge in [0.15, 0.2) is 5.13 Å². The summed E-state index contributed by atoms with van der Waals surface area (Å²) in [5.41, 5.74) is 0.951. The first kappa shape index (κ1) is 14.2. The molecule has 0 aromatic carbocycles. The van der Waals surface area contributed by atoms with Gasteiger partial charge in [0.05, 0.1) is 6.20 Å². The minimum atomic E-state index is -0.157. The number of hydrogen-bond acceptors (Lipinski definition) is 6. The van der Waals surface area contributed by atoms with Gasteiger partial charge in [0, 0.05) is 25.1 Å². The molecule has 0 aliphatic carbocycles. The topological polar surface area (TPSA) is 79.8 Å². The molecule has 3 rings (SSSR count). The summed E-state index contributed by atoms with van der Waals surface area (Å²) in [6.07, 6.45) is 6.66. The van der Waals surface area contributed by atoms with E-state index in [1.165, 1.54) is 11.3 Å². The molecule has 7 heteroatoms. The first-order chi connectivity index (χ1) is 10.8. The number of aromatic nitrogens is 3. The molecule has 3 heterocycles. The maximum atomic E-state index is 12.1. The molecule has 0 aliphatic heterocycles. The largest absolute Gasteiger partial charge is 0.347 e. The van der Waals surface area contributed by atoms with Crippen molar-refractivity contribution in [3.63, 3.8) is 0 Å². The number of carbonyl (C=O) groups is 1. The van der Waals surface area contributed by atoms with Crippen LogP contribution in [0.4, 0.5) is 10.9 Å². The van der Waals surface area contributed by atoms with Crippen molar-refractivity contribution in [3.05, 3.63) is 65.6 Å². The Morgan fingerprint density at radius 2 is 2.05 bits per heavy atom. The van der Waals surface area contributed by atoms with Crippen LogP contribution in [-0.4, -0.2) is 20.9 Å². The molecule has 0 radical (unpaired) electrons. The lowest BCUT2D eigenvalue weighted by atomic mass is 10.3. The highest BCUT2D eigenvalue weighted by atomic mass is 32.1. The molecule has 0 saturated heterocycles. The lowest BCUT2D eigenvalue weighted by Gasteiger charge is -2.02. The van der Waals surface area contributed by atoms with Crippen LogP contribution in [0, 0.1) is 0 Å². The first-order valence-electron chi connectivity index (χ1n) is 6.62. The van der Waals surface area contributed by atoms with Gasteiger partial charge in [-0.1, -0.05) is 23.5 Å². The van der Waals surface area contributed by atoms with Crippen LogP contribution in [0.25, 0.3) is 0 Å². The van der Waals surface area contributed by atoms with Crippen molar-refractivity contribution in [2.24, 2.45) is 0 Å². The van der Waals surface area contributed by atoms with E-state index < -0.39 is 0 Å². The number of pyridine rings is 2. The lowest BCUT2D eigenvalue weighted by molar-refractivity contribution is 0.0954. The molecule has 3 aromatic rings. The van der Waals surface area contributed by atoms with Crippen molar-refractivity contribution in [1.29, 1.82) is 0 Å². The average Bonchev–Trinajstić information content (AvgIpc) is 3.03. The van der Waals surface area contributed by atoms with Crippen molar-refractivity contribution in [2.75, 3.05) is 5.32 Å². The summed E-state index contributed by atoms with van der Waals surface area (Å²) < 4.78 is 0. The summed E-state index contributed by atoms with van der Waals surface area (Å²) in [6, 6.07) is 9.30. The number of nitrogens with zero attached hydrogens (tertiary/aromatic N) is 3.